The topological polar surface area (TPSA) is 24.5 Å². The van der Waals surface area contributed by atoms with Gasteiger partial charge in [-0.25, -0.2) is 0 Å². The standard InChI is InChI=1S/C14H22N2O/c1-12-3-5-14(6-4-12)17-10-9-16-8-7-15-13(2)11-16/h3-6,13,15H,7-11H2,1-2H3. The van der Waals surface area contributed by atoms with Gasteiger partial charge in [0.15, 0.2) is 0 Å². The summed E-state index contributed by atoms with van der Waals surface area (Å²) in [4.78, 5) is 2.45. The van der Waals surface area contributed by atoms with Crippen LogP contribution in [0.1, 0.15) is 12.5 Å². The Balaban J connectivity index is 1.70. The van der Waals surface area contributed by atoms with Crippen LogP contribution < -0.4 is 10.1 Å². The Morgan fingerprint density at radius 1 is 1.35 bits per heavy atom. The zero-order valence-corrected chi connectivity index (χ0v) is 10.8. The number of hydrogen-bond donors (Lipinski definition) is 1. The highest BCUT2D eigenvalue weighted by Crippen LogP contribution is 2.11. The number of nitrogens with zero attached hydrogens (tertiary/aromatic N) is 1. The molecule has 0 aromatic heterocycles. The Hall–Kier alpha value is -1.06. The van der Waals surface area contributed by atoms with E-state index in [0.29, 0.717) is 6.04 Å². The average Bonchev–Trinajstić information content (AvgIpc) is 2.32. The summed E-state index contributed by atoms with van der Waals surface area (Å²) < 4.78 is 5.74. The maximum absolute atomic E-state index is 5.74. The van der Waals surface area contributed by atoms with Gasteiger partial charge in [-0.15, -0.1) is 0 Å². The maximum Gasteiger partial charge on any atom is 0.119 e. The van der Waals surface area contributed by atoms with Gasteiger partial charge >= 0.3 is 0 Å². The van der Waals surface area contributed by atoms with Gasteiger partial charge in [-0.3, -0.25) is 4.90 Å². The van der Waals surface area contributed by atoms with Gasteiger partial charge in [-0.05, 0) is 26.0 Å². The molecule has 3 heteroatoms. The molecule has 1 aromatic carbocycles. The molecule has 0 saturated carbocycles. The van der Waals surface area contributed by atoms with Crippen LogP contribution in [0.2, 0.25) is 0 Å². The third-order valence-corrected chi connectivity index (χ3v) is 3.15. The summed E-state index contributed by atoms with van der Waals surface area (Å²) in [7, 11) is 0. The van der Waals surface area contributed by atoms with Crippen LogP contribution in [0.25, 0.3) is 0 Å². The summed E-state index contributed by atoms with van der Waals surface area (Å²) >= 11 is 0. The van der Waals surface area contributed by atoms with E-state index in [4.69, 9.17) is 4.74 Å². The van der Waals surface area contributed by atoms with Crippen LogP contribution in [-0.4, -0.2) is 43.7 Å². The van der Waals surface area contributed by atoms with Gasteiger partial charge < -0.3 is 10.1 Å². The Bertz CT molecular complexity index is 337. The van der Waals surface area contributed by atoms with E-state index in [2.05, 4.69) is 36.2 Å². The second-order valence-electron chi connectivity index (χ2n) is 4.82. The van der Waals surface area contributed by atoms with Crippen molar-refractivity contribution < 1.29 is 4.74 Å². The number of benzene rings is 1. The van der Waals surface area contributed by atoms with E-state index >= 15 is 0 Å². The number of aryl methyl sites for hydroxylation is 1. The highest BCUT2D eigenvalue weighted by atomic mass is 16.5. The van der Waals surface area contributed by atoms with Crippen molar-refractivity contribution >= 4 is 0 Å². The Kier molecular flexibility index (Phi) is 4.40. The number of rotatable bonds is 4. The van der Waals surface area contributed by atoms with Crippen molar-refractivity contribution in [1.29, 1.82) is 0 Å². The van der Waals surface area contributed by atoms with Gasteiger partial charge in [0.25, 0.3) is 0 Å². The van der Waals surface area contributed by atoms with E-state index in [1.54, 1.807) is 0 Å². The number of ether oxygens (including phenoxy) is 1. The minimum absolute atomic E-state index is 0.600. The minimum Gasteiger partial charge on any atom is -0.492 e. The molecule has 3 nitrogen and oxygen atoms in total. The fraction of sp³-hybridized carbons (Fsp3) is 0.571. The highest BCUT2D eigenvalue weighted by Gasteiger charge is 2.14. The van der Waals surface area contributed by atoms with Crippen molar-refractivity contribution in [2.75, 3.05) is 32.8 Å². The summed E-state index contributed by atoms with van der Waals surface area (Å²) in [6.45, 7) is 9.44. The molecule has 0 bridgehead atoms. The van der Waals surface area contributed by atoms with Gasteiger partial charge in [-0.2, -0.15) is 0 Å². The first kappa shape index (κ1) is 12.4. The zero-order valence-electron chi connectivity index (χ0n) is 10.8. The molecule has 2 rings (SSSR count). The fourth-order valence-corrected chi connectivity index (χ4v) is 2.14. The van der Waals surface area contributed by atoms with Crippen molar-refractivity contribution in [2.45, 2.75) is 19.9 Å². The molecular formula is C14H22N2O. The van der Waals surface area contributed by atoms with Crippen LogP contribution in [0.15, 0.2) is 24.3 Å². The second kappa shape index (κ2) is 6.03. The first-order chi connectivity index (χ1) is 8.24. The lowest BCUT2D eigenvalue weighted by Crippen LogP contribution is -2.50. The molecule has 1 unspecified atom stereocenters. The molecule has 0 amide bonds. The van der Waals surface area contributed by atoms with Gasteiger partial charge in [0, 0.05) is 32.2 Å². The molecule has 1 heterocycles. The first-order valence-corrected chi connectivity index (χ1v) is 6.39. The maximum atomic E-state index is 5.74. The third-order valence-electron chi connectivity index (χ3n) is 3.15. The Labute approximate surface area is 104 Å². The first-order valence-electron chi connectivity index (χ1n) is 6.39. The zero-order chi connectivity index (χ0) is 12.1. The lowest BCUT2D eigenvalue weighted by molar-refractivity contribution is 0.170. The van der Waals surface area contributed by atoms with Crippen molar-refractivity contribution in [3.63, 3.8) is 0 Å². The lowest BCUT2D eigenvalue weighted by Gasteiger charge is -2.31. The predicted octanol–water partition coefficient (Wildman–Crippen LogP) is 1.67. The number of hydrogen-bond acceptors (Lipinski definition) is 3. The molecule has 17 heavy (non-hydrogen) atoms. The van der Waals surface area contributed by atoms with Crippen LogP contribution in [0, 0.1) is 6.92 Å². The minimum atomic E-state index is 0.600. The molecule has 1 N–H and O–H groups in total. The van der Waals surface area contributed by atoms with Gasteiger partial charge in [0.2, 0.25) is 0 Å². The second-order valence-corrected chi connectivity index (χ2v) is 4.82. The highest BCUT2D eigenvalue weighted by molar-refractivity contribution is 5.26. The molecule has 1 aromatic rings. The molecule has 1 fully saturated rings. The van der Waals surface area contributed by atoms with Gasteiger partial charge in [-0.1, -0.05) is 17.7 Å². The molecule has 0 radical (unpaired) electrons. The van der Waals surface area contributed by atoms with Crippen LogP contribution in [-0.2, 0) is 0 Å². The summed E-state index contributed by atoms with van der Waals surface area (Å²) in [6, 6.07) is 8.85. The fourth-order valence-electron chi connectivity index (χ4n) is 2.14. The normalized spacial score (nSPS) is 21.4. The van der Waals surface area contributed by atoms with Crippen LogP contribution in [0.3, 0.4) is 0 Å². The van der Waals surface area contributed by atoms with E-state index in [1.165, 1.54) is 5.56 Å². The Morgan fingerprint density at radius 3 is 2.82 bits per heavy atom. The number of piperazine rings is 1. The smallest absolute Gasteiger partial charge is 0.119 e. The van der Waals surface area contributed by atoms with E-state index in [9.17, 15) is 0 Å². The summed E-state index contributed by atoms with van der Waals surface area (Å²) in [6.07, 6.45) is 0. The van der Waals surface area contributed by atoms with Gasteiger partial charge in [0.1, 0.15) is 12.4 Å². The summed E-state index contributed by atoms with van der Waals surface area (Å²) in [5, 5.41) is 3.44. The van der Waals surface area contributed by atoms with Crippen LogP contribution in [0.5, 0.6) is 5.75 Å². The van der Waals surface area contributed by atoms with E-state index < -0.39 is 0 Å². The van der Waals surface area contributed by atoms with E-state index in [-0.39, 0.29) is 0 Å². The quantitative estimate of drug-likeness (QED) is 0.857. The SMILES string of the molecule is Cc1ccc(OCCN2CCNC(C)C2)cc1. The van der Waals surface area contributed by atoms with E-state index in [0.717, 1.165) is 38.5 Å². The molecular weight excluding hydrogens is 212 g/mol. The average molecular weight is 234 g/mol. The van der Waals surface area contributed by atoms with Crippen molar-refractivity contribution in [2.24, 2.45) is 0 Å². The largest absolute Gasteiger partial charge is 0.492 e. The van der Waals surface area contributed by atoms with Crippen LogP contribution >= 0.6 is 0 Å². The number of nitrogens with one attached hydrogen (secondary N) is 1. The molecule has 1 aliphatic heterocycles. The predicted molar refractivity (Wildman–Crippen MR) is 70.6 cm³/mol. The summed E-state index contributed by atoms with van der Waals surface area (Å²) in [5.41, 5.74) is 1.27. The van der Waals surface area contributed by atoms with Crippen molar-refractivity contribution in [1.82, 2.24) is 10.2 Å². The van der Waals surface area contributed by atoms with Crippen molar-refractivity contribution in [3.05, 3.63) is 29.8 Å². The van der Waals surface area contributed by atoms with Gasteiger partial charge in [0.05, 0.1) is 0 Å². The summed E-state index contributed by atoms with van der Waals surface area (Å²) in [5.74, 6) is 0.971. The molecule has 0 aliphatic carbocycles. The molecule has 1 atom stereocenters. The molecule has 0 spiro atoms. The monoisotopic (exact) mass is 234 g/mol. The van der Waals surface area contributed by atoms with Crippen LogP contribution in [0.4, 0.5) is 0 Å². The molecule has 1 aliphatic rings. The third kappa shape index (κ3) is 4.02. The van der Waals surface area contributed by atoms with Crippen molar-refractivity contribution in [3.8, 4) is 5.75 Å². The van der Waals surface area contributed by atoms with E-state index in [1.807, 2.05) is 12.1 Å². The lowest BCUT2D eigenvalue weighted by atomic mass is 10.2. The Morgan fingerprint density at radius 2 is 2.12 bits per heavy atom. The molecule has 94 valence electrons. The molecule has 1 saturated heterocycles.